The summed E-state index contributed by atoms with van der Waals surface area (Å²) in [5, 5.41) is -0.0401. The molecule has 0 saturated carbocycles. The van der Waals surface area contributed by atoms with Crippen molar-refractivity contribution in [3.8, 4) is 17.2 Å². The molecule has 8 heteroatoms. The molecule has 0 radical (unpaired) electrons. The van der Waals surface area contributed by atoms with Crippen molar-refractivity contribution >= 4 is 15.7 Å². The van der Waals surface area contributed by atoms with Crippen LogP contribution in [0.1, 0.15) is 5.56 Å². The lowest BCUT2D eigenvalue weighted by atomic mass is 10.2. The summed E-state index contributed by atoms with van der Waals surface area (Å²) in [6, 6.07) is 14.0. The van der Waals surface area contributed by atoms with Crippen LogP contribution in [0.5, 0.6) is 5.75 Å². The molecule has 1 aliphatic rings. The number of oxazole rings is 1. The van der Waals surface area contributed by atoms with Crippen LogP contribution in [0.2, 0.25) is 0 Å². The number of benzene rings is 2. The number of aryl methyl sites for hydroxylation is 1. The van der Waals surface area contributed by atoms with Gasteiger partial charge in [-0.3, -0.25) is 0 Å². The maximum Gasteiger partial charge on any atom is 0.236 e. The van der Waals surface area contributed by atoms with E-state index in [1.807, 2.05) is 18.9 Å². The van der Waals surface area contributed by atoms with Crippen LogP contribution in [0, 0.1) is 6.92 Å². The summed E-state index contributed by atoms with van der Waals surface area (Å²) in [5.74, 6) is 1.28. The van der Waals surface area contributed by atoms with Gasteiger partial charge in [0.2, 0.25) is 26.6 Å². The number of hydrogen-bond donors (Lipinski definition) is 0. The average molecular weight is 428 g/mol. The molecule has 4 rings (SSSR count). The highest BCUT2D eigenvalue weighted by Gasteiger charge is 2.32. The van der Waals surface area contributed by atoms with Crippen molar-refractivity contribution in [1.29, 1.82) is 0 Å². The van der Waals surface area contributed by atoms with E-state index in [-0.39, 0.29) is 15.8 Å². The Balaban J connectivity index is 1.80. The summed E-state index contributed by atoms with van der Waals surface area (Å²) in [6.45, 7) is 4.91. The van der Waals surface area contributed by atoms with Crippen LogP contribution < -0.4 is 9.64 Å². The van der Waals surface area contributed by atoms with Crippen molar-refractivity contribution in [2.45, 2.75) is 16.8 Å². The number of sulfone groups is 1. The number of piperazine rings is 1. The average Bonchev–Trinajstić information content (AvgIpc) is 3.21. The zero-order valence-electron chi connectivity index (χ0n) is 17.3. The van der Waals surface area contributed by atoms with Gasteiger partial charge in [0, 0.05) is 31.7 Å². The molecule has 0 bridgehead atoms. The van der Waals surface area contributed by atoms with Crippen LogP contribution in [0.4, 0.5) is 5.88 Å². The standard InChI is InChI=1S/C22H25N3O4S/c1-16-4-10-19(11-5-16)30(26,27)21-22(25-14-12-24(2)13-15-25)29-20(23-21)17-6-8-18(28-3)9-7-17/h4-11H,12-15H2,1-3H3. The molecule has 7 nitrogen and oxygen atoms in total. The molecule has 2 aromatic carbocycles. The van der Waals surface area contributed by atoms with Gasteiger partial charge in [-0.2, -0.15) is 4.98 Å². The fourth-order valence-corrected chi connectivity index (χ4v) is 4.69. The second-order valence-electron chi connectivity index (χ2n) is 7.46. The molecule has 0 atom stereocenters. The van der Waals surface area contributed by atoms with E-state index in [0.29, 0.717) is 30.3 Å². The predicted octanol–water partition coefficient (Wildman–Crippen LogP) is 3.24. The number of rotatable bonds is 5. The summed E-state index contributed by atoms with van der Waals surface area (Å²) in [7, 11) is -0.193. The molecule has 0 N–H and O–H groups in total. The van der Waals surface area contributed by atoms with Gasteiger partial charge in [-0.05, 0) is 50.4 Å². The quantitative estimate of drug-likeness (QED) is 0.619. The lowest BCUT2D eigenvalue weighted by Crippen LogP contribution is -2.44. The van der Waals surface area contributed by atoms with Gasteiger partial charge in [-0.15, -0.1) is 0 Å². The number of anilines is 1. The van der Waals surface area contributed by atoms with E-state index >= 15 is 0 Å². The lowest BCUT2D eigenvalue weighted by molar-refractivity contribution is 0.305. The SMILES string of the molecule is COc1ccc(-c2nc(S(=O)(=O)c3ccc(C)cc3)c(N3CCN(C)CC3)o2)cc1. The van der Waals surface area contributed by atoms with Crippen molar-refractivity contribution in [2.75, 3.05) is 45.2 Å². The molecule has 0 spiro atoms. The van der Waals surface area contributed by atoms with Gasteiger partial charge in [0.15, 0.2) is 0 Å². The zero-order chi connectivity index (χ0) is 21.3. The summed E-state index contributed by atoms with van der Waals surface area (Å²) in [4.78, 5) is 8.82. The van der Waals surface area contributed by atoms with Crippen molar-refractivity contribution in [3.05, 3.63) is 54.1 Å². The highest BCUT2D eigenvalue weighted by atomic mass is 32.2. The molecule has 30 heavy (non-hydrogen) atoms. The summed E-state index contributed by atoms with van der Waals surface area (Å²) in [5.41, 5.74) is 1.68. The van der Waals surface area contributed by atoms with Gasteiger partial charge in [0.05, 0.1) is 12.0 Å². The van der Waals surface area contributed by atoms with E-state index in [1.165, 1.54) is 0 Å². The second-order valence-corrected chi connectivity index (χ2v) is 9.33. The maximum atomic E-state index is 13.4. The third-order valence-corrected chi connectivity index (χ3v) is 6.96. The Morgan fingerprint density at radius 3 is 2.20 bits per heavy atom. The molecule has 1 aliphatic heterocycles. The van der Waals surface area contributed by atoms with Crippen molar-refractivity contribution < 1.29 is 17.6 Å². The smallest absolute Gasteiger partial charge is 0.236 e. The van der Waals surface area contributed by atoms with E-state index < -0.39 is 9.84 Å². The molecule has 0 unspecified atom stereocenters. The predicted molar refractivity (Wildman–Crippen MR) is 115 cm³/mol. The monoisotopic (exact) mass is 427 g/mol. The number of methoxy groups -OCH3 is 1. The molecule has 1 aromatic heterocycles. The fraction of sp³-hybridized carbons (Fsp3) is 0.318. The normalized spacial score (nSPS) is 15.4. The molecule has 2 heterocycles. The van der Waals surface area contributed by atoms with Crippen LogP contribution in [0.25, 0.3) is 11.5 Å². The number of aromatic nitrogens is 1. The second kappa shape index (κ2) is 8.12. The number of likely N-dealkylation sites (N-methyl/N-ethyl adjacent to an activating group) is 1. The van der Waals surface area contributed by atoms with E-state index in [2.05, 4.69) is 9.88 Å². The van der Waals surface area contributed by atoms with Gasteiger partial charge >= 0.3 is 0 Å². The lowest BCUT2D eigenvalue weighted by Gasteiger charge is -2.32. The highest BCUT2D eigenvalue weighted by Crippen LogP contribution is 2.35. The Morgan fingerprint density at radius 1 is 0.967 bits per heavy atom. The van der Waals surface area contributed by atoms with Gasteiger partial charge in [0.25, 0.3) is 0 Å². The Labute approximate surface area is 176 Å². The Kier molecular flexibility index (Phi) is 5.53. The minimum atomic E-state index is -3.83. The van der Waals surface area contributed by atoms with E-state index in [0.717, 1.165) is 18.7 Å². The molecular formula is C22H25N3O4S. The topological polar surface area (TPSA) is 75.9 Å². The maximum absolute atomic E-state index is 13.4. The first-order valence-electron chi connectivity index (χ1n) is 9.79. The molecule has 3 aromatic rings. The minimum Gasteiger partial charge on any atom is -0.497 e. The van der Waals surface area contributed by atoms with Crippen LogP contribution in [-0.2, 0) is 9.84 Å². The van der Waals surface area contributed by atoms with Crippen molar-refractivity contribution in [2.24, 2.45) is 0 Å². The summed E-state index contributed by atoms with van der Waals surface area (Å²) in [6.07, 6.45) is 0. The van der Waals surface area contributed by atoms with Crippen molar-refractivity contribution in [1.82, 2.24) is 9.88 Å². The first kappa shape index (κ1) is 20.4. The van der Waals surface area contributed by atoms with Crippen LogP contribution in [0.15, 0.2) is 62.9 Å². The molecule has 1 fully saturated rings. The minimum absolute atomic E-state index is 0.0401. The molecule has 158 valence electrons. The summed E-state index contributed by atoms with van der Waals surface area (Å²) < 4.78 is 38.1. The largest absolute Gasteiger partial charge is 0.497 e. The number of ether oxygens (including phenoxy) is 1. The van der Waals surface area contributed by atoms with Gasteiger partial charge < -0.3 is 19.0 Å². The van der Waals surface area contributed by atoms with Crippen molar-refractivity contribution in [3.63, 3.8) is 0 Å². The van der Waals surface area contributed by atoms with Gasteiger partial charge in [-0.25, -0.2) is 8.42 Å². The van der Waals surface area contributed by atoms with Crippen LogP contribution in [0.3, 0.4) is 0 Å². The van der Waals surface area contributed by atoms with E-state index in [1.54, 1.807) is 55.6 Å². The third-order valence-electron chi connectivity index (χ3n) is 5.29. The van der Waals surface area contributed by atoms with E-state index in [4.69, 9.17) is 9.15 Å². The Morgan fingerprint density at radius 2 is 1.60 bits per heavy atom. The molecule has 0 amide bonds. The molecule has 0 aliphatic carbocycles. The first-order valence-corrected chi connectivity index (χ1v) is 11.3. The van der Waals surface area contributed by atoms with Gasteiger partial charge in [-0.1, -0.05) is 17.7 Å². The Hall–Kier alpha value is -2.84. The van der Waals surface area contributed by atoms with Gasteiger partial charge in [0.1, 0.15) is 5.75 Å². The molecule has 1 saturated heterocycles. The van der Waals surface area contributed by atoms with Crippen LogP contribution >= 0.6 is 0 Å². The highest BCUT2D eigenvalue weighted by molar-refractivity contribution is 7.91. The zero-order valence-corrected chi connectivity index (χ0v) is 18.1. The van der Waals surface area contributed by atoms with Crippen LogP contribution in [-0.4, -0.2) is 58.6 Å². The summed E-state index contributed by atoms with van der Waals surface area (Å²) >= 11 is 0. The first-order chi connectivity index (χ1) is 14.4. The third kappa shape index (κ3) is 3.93. The molecular weight excluding hydrogens is 402 g/mol. The fourth-order valence-electron chi connectivity index (χ4n) is 3.37. The number of nitrogens with zero attached hydrogens (tertiary/aromatic N) is 3. The Bertz CT molecular complexity index is 1110. The number of hydrogen-bond acceptors (Lipinski definition) is 7. The van der Waals surface area contributed by atoms with E-state index in [9.17, 15) is 8.42 Å².